The van der Waals surface area contributed by atoms with E-state index in [1.807, 2.05) is 12.1 Å². The lowest BCUT2D eigenvalue weighted by atomic mass is 9.80. The molecule has 116 valence electrons. The molecule has 0 radical (unpaired) electrons. The van der Waals surface area contributed by atoms with Gasteiger partial charge < -0.3 is 9.84 Å². The zero-order valence-corrected chi connectivity index (χ0v) is 13.9. The van der Waals surface area contributed by atoms with Crippen LogP contribution in [0.4, 0.5) is 0 Å². The molecule has 0 spiro atoms. The van der Waals surface area contributed by atoms with Crippen LogP contribution in [0, 0.1) is 0 Å². The summed E-state index contributed by atoms with van der Waals surface area (Å²) in [6, 6.07) is 6.29. The van der Waals surface area contributed by atoms with Gasteiger partial charge in [-0.15, -0.1) is 0 Å². The molecule has 0 heterocycles. The standard InChI is InChI=1S/C18H26O3/c1-17(2,3)13-10-14(18(4,5)6)12-15(11-13)21-9-7-8-16(19)20/h7-8,10-12H,9H2,1-6H3,(H,19,20)/b8-7+. The third-order valence-electron chi connectivity index (χ3n) is 3.25. The Balaban J connectivity index is 3.06. The van der Waals surface area contributed by atoms with E-state index in [0.29, 0.717) is 0 Å². The van der Waals surface area contributed by atoms with E-state index < -0.39 is 5.97 Å². The lowest BCUT2D eigenvalue weighted by Gasteiger charge is -2.26. The van der Waals surface area contributed by atoms with Crippen molar-refractivity contribution in [2.75, 3.05) is 6.61 Å². The Kier molecular flexibility index (Phi) is 5.21. The molecule has 0 atom stereocenters. The molecule has 0 unspecified atom stereocenters. The van der Waals surface area contributed by atoms with E-state index in [0.717, 1.165) is 11.8 Å². The molecule has 0 saturated carbocycles. The molecule has 0 saturated heterocycles. The third kappa shape index (κ3) is 5.62. The van der Waals surface area contributed by atoms with Gasteiger partial charge in [-0.25, -0.2) is 4.79 Å². The number of hydrogen-bond donors (Lipinski definition) is 1. The van der Waals surface area contributed by atoms with Crippen molar-refractivity contribution in [2.45, 2.75) is 52.4 Å². The monoisotopic (exact) mass is 290 g/mol. The van der Waals surface area contributed by atoms with Crippen molar-refractivity contribution < 1.29 is 14.6 Å². The van der Waals surface area contributed by atoms with Gasteiger partial charge in [-0.2, -0.15) is 0 Å². The number of carboxylic acid groups (broad SMARTS) is 1. The SMILES string of the molecule is CC(C)(C)c1cc(OC/C=C/C(=O)O)cc(C(C)(C)C)c1. The molecule has 1 rings (SSSR count). The van der Waals surface area contributed by atoms with Gasteiger partial charge in [0.05, 0.1) is 0 Å². The molecule has 0 aliphatic rings. The highest BCUT2D eigenvalue weighted by Crippen LogP contribution is 2.32. The molecule has 0 aromatic heterocycles. The number of carboxylic acids is 1. The van der Waals surface area contributed by atoms with Crippen molar-refractivity contribution in [1.29, 1.82) is 0 Å². The van der Waals surface area contributed by atoms with Gasteiger partial charge in [-0.1, -0.05) is 47.6 Å². The fourth-order valence-electron chi connectivity index (χ4n) is 1.84. The summed E-state index contributed by atoms with van der Waals surface area (Å²) in [5.74, 6) is -0.181. The molecule has 0 amide bonds. The van der Waals surface area contributed by atoms with Crippen LogP contribution in [0.3, 0.4) is 0 Å². The first-order valence-electron chi connectivity index (χ1n) is 7.18. The van der Waals surface area contributed by atoms with Gasteiger partial charge in [0.15, 0.2) is 0 Å². The highest BCUT2D eigenvalue weighted by Gasteiger charge is 2.20. The molecular weight excluding hydrogens is 264 g/mol. The topological polar surface area (TPSA) is 46.5 Å². The van der Waals surface area contributed by atoms with Crippen LogP contribution in [0.25, 0.3) is 0 Å². The number of aliphatic carboxylic acids is 1. The van der Waals surface area contributed by atoms with Crippen LogP contribution < -0.4 is 4.74 Å². The van der Waals surface area contributed by atoms with E-state index in [9.17, 15) is 4.79 Å². The maximum atomic E-state index is 10.4. The summed E-state index contributed by atoms with van der Waals surface area (Å²) in [7, 11) is 0. The van der Waals surface area contributed by atoms with E-state index in [-0.39, 0.29) is 17.4 Å². The van der Waals surface area contributed by atoms with Crippen LogP contribution in [0.1, 0.15) is 52.7 Å². The molecular formula is C18H26O3. The summed E-state index contributed by atoms with van der Waals surface area (Å²) in [4.78, 5) is 10.4. The van der Waals surface area contributed by atoms with Crippen molar-refractivity contribution in [1.82, 2.24) is 0 Å². The molecule has 3 heteroatoms. The van der Waals surface area contributed by atoms with Crippen LogP contribution in [-0.4, -0.2) is 17.7 Å². The van der Waals surface area contributed by atoms with Gasteiger partial charge in [-0.3, -0.25) is 0 Å². The number of benzene rings is 1. The first kappa shape index (κ1) is 17.3. The Hall–Kier alpha value is -1.77. The first-order chi connectivity index (χ1) is 9.50. The second-order valence-electron chi connectivity index (χ2n) is 7.30. The molecule has 1 aromatic rings. The summed E-state index contributed by atoms with van der Waals surface area (Å²) in [6.45, 7) is 13.3. The second kappa shape index (κ2) is 6.33. The molecule has 0 fully saturated rings. The first-order valence-corrected chi connectivity index (χ1v) is 7.18. The third-order valence-corrected chi connectivity index (χ3v) is 3.25. The Morgan fingerprint density at radius 3 is 1.90 bits per heavy atom. The number of ether oxygens (including phenoxy) is 1. The van der Waals surface area contributed by atoms with E-state index in [1.165, 1.54) is 17.2 Å². The van der Waals surface area contributed by atoms with Gasteiger partial charge in [0, 0.05) is 6.08 Å². The van der Waals surface area contributed by atoms with E-state index >= 15 is 0 Å². The van der Waals surface area contributed by atoms with Crippen LogP contribution in [0.5, 0.6) is 5.75 Å². The molecule has 0 aliphatic heterocycles. The maximum absolute atomic E-state index is 10.4. The summed E-state index contributed by atoms with van der Waals surface area (Å²) >= 11 is 0. The maximum Gasteiger partial charge on any atom is 0.328 e. The molecule has 1 N–H and O–H groups in total. The van der Waals surface area contributed by atoms with Gasteiger partial charge in [0.25, 0.3) is 0 Å². The van der Waals surface area contributed by atoms with Crippen LogP contribution in [0.15, 0.2) is 30.4 Å². The van der Waals surface area contributed by atoms with Gasteiger partial charge in [0.2, 0.25) is 0 Å². The zero-order chi connectivity index (χ0) is 16.3. The Bertz CT molecular complexity index is 496. The summed E-state index contributed by atoms with van der Waals surface area (Å²) in [6.07, 6.45) is 2.60. The predicted molar refractivity (Wildman–Crippen MR) is 86.1 cm³/mol. The number of hydrogen-bond acceptors (Lipinski definition) is 2. The highest BCUT2D eigenvalue weighted by atomic mass is 16.5. The van der Waals surface area contributed by atoms with Crippen molar-refractivity contribution in [2.24, 2.45) is 0 Å². The average Bonchev–Trinajstić information content (AvgIpc) is 2.32. The Labute approximate surface area is 127 Å². The van der Waals surface area contributed by atoms with Crippen molar-refractivity contribution in [3.63, 3.8) is 0 Å². The normalized spacial score (nSPS) is 12.7. The van der Waals surface area contributed by atoms with Crippen molar-refractivity contribution >= 4 is 5.97 Å². The van der Waals surface area contributed by atoms with Gasteiger partial charge in [0.1, 0.15) is 12.4 Å². The molecule has 0 bridgehead atoms. The molecule has 0 aliphatic carbocycles. The number of rotatable bonds is 4. The van der Waals surface area contributed by atoms with Crippen molar-refractivity contribution in [3.05, 3.63) is 41.5 Å². The Morgan fingerprint density at radius 1 is 1.05 bits per heavy atom. The molecule has 21 heavy (non-hydrogen) atoms. The molecule has 3 nitrogen and oxygen atoms in total. The quantitative estimate of drug-likeness (QED) is 0.841. The second-order valence-corrected chi connectivity index (χ2v) is 7.30. The highest BCUT2D eigenvalue weighted by molar-refractivity contribution is 5.79. The Morgan fingerprint density at radius 2 is 1.52 bits per heavy atom. The van der Waals surface area contributed by atoms with E-state index in [2.05, 4.69) is 47.6 Å². The lowest BCUT2D eigenvalue weighted by molar-refractivity contribution is -0.131. The number of carbonyl (C=O) groups is 1. The summed E-state index contributed by atoms with van der Waals surface area (Å²) < 4.78 is 5.68. The van der Waals surface area contributed by atoms with E-state index in [1.54, 1.807) is 0 Å². The lowest BCUT2D eigenvalue weighted by Crippen LogP contribution is -2.16. The van der Waals surface area contributed by atoms with Gasteiger partial charge >= 0.3 is 5.97 Å². The van der Waals surface area contributed by atoms with Gasteiger partial charge in [-0.05, 0) is 40.2 Å². The minimum Gasteiger partial charge on any atom is -0.490 e. The summed E-state index contributed by atoms with van der Waals surface area (Å²) in [5.41, 5.74) is 2.51. The molecule has 1 aromatic carbocycles. The fraction of sp³-hybridized carbons (Fsp3) is 0.500. The fourth-order valence-corrected chi connectivity index (χ4v) is 1.84. The van der Waals surface area contributed by atoms with Crippen molar-refractivity contribution in [3.8, 4) is 5.75 Å². The largest absolute Gasteiger partial charge is 0.490 e. The van der Waals surface area contributed by atoms with Crippen LogP contribution in [0.2, 0.25) is 0 Å². The average molecular weight is 290 g/mol. The summed E-state index contributed by atoms with van der Waals surface area (Å²) in [5, 5.41) is 8.57. The predicted octanol–water partition coefficient (Wildman–Crippen LogP) is 4.30. The zero-order valence-electron chi connectivity index (χ0n) is 13.9. The van der Waals surface area contributed by atoms with E-state index in [4.69, 9.17) is 9.84 Å². The minimum atomic E-state index is -0.961. The van der Waals surface area contributed by atoms with Crippen LogP contribution in [-0.2, 0) is 15.6 Å². The minimum absolute atomic E-state index is 0.0380. The van der Waals surface area contributed by atoms with Crippen LogP contribution >= 0.6 is 0 Å². The smallest absolute Gasteiger partial charge is 0.328 e.